The lowest BCUT2D eigenvalue weighted by Gasteiger charge is -2.21. The molecule has 0 aromatic heterocycles. The minimum Gasteiger partial charge on any atom is -0.491 e. The van der Waals surface area contributed by atoms with Crippen LogP contribution in [0.2, 0.25) is 0 Å². The molecule has 2 atom stereocenters. The quantitative estimate of drug-likeness (QED) is 0.781. The van der Waals surface area contributed by atoms with E-state index in [4.69, 9.17) is 9.47 Å². The third-order valence-corrected chi connectivity index (χ3v) is 3.07. The molecule has 3 heteroatoms. The van der Waals surface area contributed by atoms with Gasteiger partial charge in [0.2, 0.25) is 0 Å². The van der Waals surface area contributed by atoms with Gasteiger partial charge in [0.25, 0.3) is 0 Å². The van der Waals surface area contributed by atoms with Crippen LogP contribution in [0.4, 0.5) is 0 Å². The van der Waals surface area contributed by atoms with Crippen molar-refractivity contribution in [3.8, 4) is 5.75 Å². The Morgan fingerprint density at radius 1 is 1.21 bits per heavy atom. The van der Waals surface area contributed by atoms with Crippen LogP contribution in [0.5, 0.6) is 5.75 Å². The van der Waals surface area contributed by atoms with Crippen molar-refractivity contribution in [3.05, 3.63) is 29.8 Å². The number of rotatable bonds is 8. The van der Waals surface area contributed by atoms with Gasteiger partial charge in [-0.1, -0.05) is 19.1 Å². The normalized spacial score (nSPS) is 14.4. The van der Waals surface area contributed by atoms with E-state index in [1.807, 2.05) is 27.0 Å². The maximum Gasteiger partial charge on any atom is 0.120 e. The van der Waals surface area contributed by atoms with Crippen LogP contribution < -0.4 is 10.1 Å². The fraction of sp³-hybridized carbons (Fsp3) is 0.625. The first-order valence-electron chi connectivity index (χ1n) is 6.99. The molecule has 3 nitrogen and oxygen atoms in total. The van der Waals surface area contributed by atoms with Crippen molar-refractivity contribution in [1.82, 2.24) is 5.32 Å². The van der Waals surface area contributed by atoms with Crippen LogP contribution in [0.15, 0.2) is 24.3 Å². The van der Waals surface area contributed by atoms with Gasteiger partial charge in [0, 0.05) is 19.8 Å². The zero-order valence-corrected chi connectivity index (χ0v) is 12.8. The zero-order chi connectivity index (χ0) is 14.3. The molecule has 1 N–H and O–H groups in total. The van der Waals surface area contributed by atoms with Gasteiger partial charge in [-0.05, 0) is 50.9 Å². The SMILES string of the molecule is CNC(CC(C)COC)c1cccc(OC(C)C)c1. The zero-order valence-electron chi connectivity index (χ0n) is 12.8. The predicted molar refractivity (Wildman–Crippen MR) is 79.7 cm³/mol. The Bertz CT molecular complexity index is 366. The Hall–Kier alpha value is -1.06. The van der Waals surface area contributed by atoms with E-state index in [1.54, 1.807) is 7.11 Å². The molecular formula is C16H27NO2. The maximum atomic E-state index is 5.75. The molecule has 2 unspecified atom stereocenters. The number of hydrogen-bond donors (Lipinski definition) is 1. The third kappa shape index (κ3) is 5.62. The molecule has 1 rings (SSSR count). The van der Waals surface area contributed by atoms with Gasteiger partial charge >= 0.3 is 0 Å². The molecule has 0 fully saturated rings. The maximum absolute atomic E-state index is 5.75. The van der Waals surface area contributed by atoms with E-state index in [0.29, 0.717) is 12.0 Å². The van der Waals surface area contributed by atoms with Crippen LogP contribution in [-0.4, -0.2) is 26.9 Å². The van der Waals surface area contributed by atoms with E-state index in [2.05, 4.69) is 30.4 Å². The van der Waals surface area contributed by atoms with Crippen LogP contribution in [-0.2, 0) is 4.74 Å². The van der Waals surface area contributed by atoms with Gasteiger partial charge in [-0.3, -0.25) is 0 Å². The minimum atomic E-state index is 0.204. The number of nitrogens with one attached hydrogen (secondary N) is 1. The Labute approximate surface area is 117 Å². The van der Waals surface area contributed by atoms with E-state index in [9.17, 15) is 0 Å². The molecule has 19 heavy (non-hydrogen) atoms. The fourth-order valence-corrected chi connectivity index (χ4v) is 2.25. The number of ether oxygens (including phenoxy) is 2. The molecule has 0 aliphatic rings. The monoisotopic (exact) mass is 265 g/mol. The second kappa shape index (κ2) is 8.18. The van der Waals surface area contributed by atoms with Gasteiger partial charge < -0.3 is 14.8 Å². The second-order valence-electron chi connectivity index (χ2n) is 5.38. The lowest BCUT2D eigenvalue weighted by atomic mass is 9.96. The van der Waals surface area contributed by atoms with Crippen LogP contribution in [0.3, 0.4) is 0 Å². The summed E-state index contributed by atoms with van der Waals surface area (Å²) in [5.74, 6) is 1.46. The molecule has 0 saturated heterocycles. The lowest BCUT2D eigenvalue weighted by Crippen LogP contribution is -2.20. The average molecular weight is 265 g/mol. The van der Waals surface area contributed by atoms with E-state index in [0.717, 1.165) is 18.8 Å². The molecule has 0 spiro atoms. The summed E-state index contributed by atoms with van der Waals surface area (Å²) in [5, 5.41) is 3.38. The van der Waals surface area contributed by atoms with Crippen molar-refractivity contribution in [1.29, 1.82) is 0 Å². The van der Waals surface area contributed by atoms with Crippen LogP contribution >= 0.6 is 0 Å². The largest absolute Gasteiger partial charge is 0.491 e. The molecular weight excluding hydrogens is 238 g/mol. The Morgan fingerprint density at radius 2 is 1.95 bits per heavy atom. The Balaban J connectivity index is 2.74. The summed E-state index contributed by atoms with van der Waals surface area (Å²) in [6.45, 7) is 7.09. The van der Waals surface area contributed by atoms with Crippen LogP contribution in [0.1, 0.15) is 38.8 Å². The van der Waals surface area contributed by atoms with Crippen molar-refractivity contribution < 1.29 is 9.47 Å². The number of benzene rings is 1. The second-order valence-corrected chi connectivity index (χ2v) is 5.38. The Kier molecular flexibility index (Phi) is 6.89. The van der Waals surface area contributed by atoms with Gasteiger partial charge in [0.1, 0.15) is 5.75 Å². The summed E-state index contributed by atoms with van der Waals surface area (Å²) in [6.07, 6.45) is 1.26. The molecule has 0 radical (unpaired) electrons. The molecule has 0 saturated carbocycles. The average Bonchev–Trinajstić information content (AvgIpc) is 2.35. The number of methoxy groups -OCH3 is 1. The van der Waals surface area contributed by atoms with Crippen LogP contribution in [0.25, 0.3) is 0 Å². The Morgan fingerprint density at radius 3 is 2.53 bits per heavy atom. The van der Waals surface area contributed by atoms with Crippen LogP contribution in [0, 0.1) is 5.92 Å². The molecule has 0 aliphatic carbocycles. The van der Waals surface area contributed by atoms with Crippen molar-refractivity contribution in [2.45, 2.75) is 39.3 Å². The van der Waals surface area contributed by atoms with Crippen molar-refractivity contribution in [3.63, 3.8) is 0 Å². The highest BCUT2D eigenvalue weighted by atomic mass is 16.5. The first kappa shape index (κ1) is 16.0. The molecule has 0 amide bonds. The van der Waals surface area contributed by atoms with Crippen molar-refractivity contribution >= 4 is 0 Å². The summed E-state index contributed by atoms with van der Waals surface area (Å²) in [7, 11) is 3.75. The van der Waals surface area contributed by atoms with E-state index in [-0.39, 0.29) is 6.10 Å². The van der Waals surface area contributed by atoms with Gasteiger partial charge in [-0.15, -0.1) is 0 Å². The van der Waals surface area contributed by atoms with Crippen molar-refractivity contribution in [2.24, 2.45) is 5.92 Å². The molecule has 0 bridgehead atoms. The smallest absolute Gasteiger partial charge is 0.120 e. The molecule has 1 aromatic carbocycles. The van der Waals surface area contributed by atoms with Crippen molar-refractivity contribution in [2.75, 3.05) is 20.8 Å². The first-order valence-corrected chi connectivity index (χ1v) is 6.99. The summed E-state index contributed by atoms with van der Waals surface area (Å²) in [4.78, 5) is 0. The summed E-state index contributed by atoms with van der Waals surface area (Å²) >= 11 is 0. The molecule has 0 aliphatic heterocycles. The lowest BCUT2D eigenvalue weighted by molar-refractivity contribution is 0.150. The summed E-state index contributed by atoms with van der Waals surface area (Å²) in [5.41, 5.74) is 1.27. The van der Waals surface area contributed by atoms with E-state index in [1.165, 1.54) is 5.56 Å². The predicted octanol–water partition coefficient (Wildman–Crippen LogP) is 3.41. The van der Waals surface area contributed by atoms with E-state index >= 15 is 0 Å². The first-order chi connectivity index (χ1) is 9.06. The highest BCUT2D eigenvalue weighted by molar-refractivity contribution is 5.30. The highest BCUT2D eigenvalue weighted by Crippen LogP contribution is 2.25. The van der Waals surface area contributed by atoms with Gasteiger partial charge in [0.05, 0.1) is 6.10 Å². The summed E-state index contributed by atoms with van der Waals surface area (Å²) in [6, 6.07) is 8.67. The van der Waals surface area contributed by atoms with Gasteiger partial charge in [0.15, 0.2) is 0 Å². The highest BCUT2D eigenvalue weighted by Gasteiger charge is 2.14. The van der Waals surface area contributed by atoms with Gasteiger partial charge in [-0.25, -0.2) is 0 Å². The van der Waals surface area contributed by atoms with Gasteiger partial charge in [-0.2, -0.15) is 0 Å². The number of hydrogen-bond acceptors (Lipinski definition) is 3. The standard InChI is InChI=1S/C16H27NO2/c1-12(2)19-15-8-6-7-14(10-15)16(17-4)9-13(3)11-18-5/h6-8,10,12-13,16-17H,9,11H2,1-5H3. The topological polar surface area (TPSA) is 30.5 Å². The minimum absolute atomic E-state index is 0.204. The third-order valence-electron chi connectivity index (χ3n) is 3.07. The summed E-state index contributed by atoms with van der Waals surface area (Å²) < 4.78 is 11.0. The molecule has 1 aromatic rings. The van der Waals surface area contributed by atoms with E-state index < -0.39 is 0 Å². The molecule has 108 valence electrons. The molecule has 0 heterocycles. The fourth-order valence-electron chi connectivity index (χ4n) is 2.25.